The Morgan fingerprint density at radius 3 is 2.52 bits per heavy atom. The lowest BCUT2D eigenvalue weighted by molar-refractivity contribution is -0.121. The van der Waals surface area contributed by atoms with Crippen molar-refractivity contribution in [3.8, 4) is 5.75 Å². The molecule has 0 bridgehead atoms. The van der Waals surface area contributed by atoms with Crippen LogP contribution in [-0.2, 0) is 11.2 Å². The summed E-state index contributed by atoms with van der Waals surface area (Å²) in [7, 11) is 1.65. The van der Waals surface area contributed by atoms with E-state index in [1.54, 1.807) is 7.11 Å². The summed E-state index contributed by atoms with van der Waals surface area (Å²) in [5, 5.41) is 3.06. The van der Waals surface area contributed by atoms with Crippen molar-refractivity contribution in [2.24, 2.45) is 11.7 Å². The van der Waals surface area contributed by atoms with Crippen molar-refractivity contribution in [3.05, 3.63) is 29.8 Å². The fourth-order valence-corrected chi connectivity index (χ4v) is 2.79. The molecule has 4 nitrogen and oxygen atoms in total. The standard InChI is InChI=1S/C17H26N2O2/c1-21-16-9-4-13(5-10-16)6-11-17(20)19-12-14-2-7-15(18)8-3-14/h4-5,9-10,14-15H,2-3,6-8,11-12,18H2,1H3,(H,19,20). The largest absolute Gasteiger partial charge is 0.497 e. The Kier molecular flexibility index (Phi) is 6.05. The predicted molar refractivity (Wildman–Crippen MR) is 84.3 cm³/mol. The van der Waals surface area contributed by atoms with Crippen LogP contribution < -0.4 is 15.8 Å². The first-order valence-electron chi connectivity index (χ1n) is 7.82. The SMILES string of the molecule is COc1ccc(CCC(=O)NCC2CCC(N)CC2)cc1. The number of carbonyl (C=O) groups is 1. The van der Waals surface area contributed by atoms with Crippen LogP contribution in [-0.4, -0.2) is 25.6 Å². The van der Waals surface area contributed by atoms with Gasteiger partial charge >= 0.3 is 0 Å². The minimum Gasteiger partial charge on any atom is -0.497 e. The number of benzene rings is 1. The lowest BCUT2D eigenvalue weighted by atomic mass is 9.86. The van der Waals surface area contributed by atoms with E-state index >= 15 is 0 Å². The molecule has 2 rings (SSSR count). The van der Waals surface area contributed by atoms with Gasteiger partial charge in [-0.05, 0) is 55.7 Å². The second-order valence-electron chi connectivity index (χ2n) is 5.93. The van der Waals surface area contributed by atoms with Gasteiger partial charge < -0.3 is 15.8 Å². The zero-order chi connectivity index (χ0) is 15.1. The van der Waals surface area contributed by atoms with Crippen LogP contribution in [0.2, 0.25) is 0 Å². The molecule has 1 aliphatic rings. The molecule has 0 heterocycles. The van der Waals surface area contributed by atoms with Crippen LogP contribution in [0.15, 0.2) is 24.3 Å². The third kappa shape index (κ3) is 5.38. The van der Waals surface area contributed by atoms with E-state index in [4.69, 9.17) is 10.5 Å². The number of aryl methyl sites for hydroxylation is 1. The van der Waals surface area contributed by atoms with Crippen molar-refractivity contribution >= 4 is 5.91 Å². The Balaban J connectivity index is 1.65. The molecule has 1 aliphatic carbocycles. The third-order valence-corrected chi connectivity index (χ3v) is 4.28. The van der Waals surface area contributed by atoms with Gasteiger partial charge in [-0.2, -0.15) is 0 Å². The molecule has 0 spiro atoms. The van der Waals surface area contributed by atoms with Crippen LogP contribution in [0.3, 0.4) is 0 Å². The first kappa shape index (κ1) is 15.8. The summed E-state index contributed by atoms with van der Waals surface area (Å²) < 4.78 is 5.12. The lowest BCUT2D eigenvalue weighted by Gasteiger charge is -2.26. The van der Waals surface area contributed by atoms with Gasteiger partial charge in [-0.1, -0.05) is 12.1 Å². The maximum absolute atomic E-state index is 11.9. The van der Waals surface area contributed by atoms with Crippen molar-refractivity contribution in [3.63, 3.8) is 0 Å². The Hall–Kier alpha value is -1.55. The first-order valence-corrected chi connectivity index (χ1v) is 7.82. The molecule has 0 aromatic heterocycles. The van der Waals surface area contributed by atoms with Gasteiger partial charge in [0.2, 0.25) is 5.91 Å². The van der Waals surface area contributed by atoms with Crippen molar-refractivity contribution in [1.82, 2.24) is 5.32 Å². The van der Waals surface area contributed by atoms with E-state index < -0.39 is 0 Å². The molecule has 1 aromatic rings. The Labute approximate surface area is 127 Å². The number of methoxy groups -OCH3 is 1. The Morgan fingerprint density at radius 2 is 1.90 bits per heavy atom. The zero-order valence-electron chi connectivity index (χ0n) is 12.8. The maximum atomic E-state index is 11.9. The summed E-state index contributed by atoms with van der Waals surface area (Å²) in [4.78, 5) is 11.9. The fraction of sp³-hybridized carbons (Fsp3) is 0.588. The number of hydrogen-bond acceptors (Lipinski definition) is 3. The van der Waals surface area contributed by atoms with E-state index in [2.05, 4.69) is 5.32 Å². The molecule has 4 heteroatoms. The highest BCUT2D eigenvalue weighted by Gasteiger charge is 2.18. The topological polar surface area (TPSA) is 64.3 Å². The molecule has 0 radical (unpaired) electrons. The molecule has 1 amide bonds. The number of carbonyl (C=O) groups excluding carboxylic acids is 1. The molecule has 116 valence electrons. The molecule has 0 atom stereocenters. The fourth-order valence-electron chi connectivity index (χ4n) is 2.79. The smallest absolute Gasteiger partial charge is 0.220 e. The molecule has 0 unspecified atom stereocenters. The van der Waals surface area contributed by atoms with Gasteiger partial charge in [-0.15, -0.1) is 0 Å². The lowest BCUT2D eigenvalue weighted by Crippen LogP contribution is -2.34. The summed E-state index contributed by atoms with van der Waals surface area (Å²) >= 11 is 0. The van der Waals surface area contributed by atoms with Gasteiger partial charge in [0.25, 0.3) is 0 Å². The predicted octanol–water partition coefficient (Wildman–Crippen LogP) is 2.26. The van der Waals surface area contributed by atoms with Crippen LogP contribution in [0, 0.1) is 5.92 Å². The molecular weight excluding hydrogens is 264 g/mol. The quantitative estimate of drug-likeness (QED) is 0.844. The highest BCUT2D eigenvalue weighted by Crippen LogP contribution is 2.22. The van der Waals surface area contributed by atoms with Gasteiger partial charge in [-0.25, -0.2) is 0 Å². The van der Waals surface area contributed by atoms with Crippen LogP contribution >= 0.6 is 0 Å². The van der Waals surface area contributed by atoms with E-state index in [-0.39, 0.29) is 5.91 Å². The summed E-state index contributed by atoms with van der Waals surface area (Å²) in [6.45, 7) is 0.800. The van der Waals surface area contributed by atoms with E-state index in [0.717, 1.165) is 50.0 Å². The summed E-state index contributed by atoms with van der Waals surface area (Å²) in [5.74, 6) is 1.59. The van der Waals surface area contributed by atoms with Gasteiger partial charge in [0.15, 0.2) is 0 Å². The van der Waals surface area contributed by atoms with Crippen molar-refractivity contribution in [2.75, 3.05) is 13.7 Å². The van der Waals surface area contributed by atoms with Crippen molar-refractivity contribution in [1.29, 1.82) is 0 Å². The first-order chi connectivity index (χ1) is 10.2. The number of ether oxygens (including phenoxy) is 1. The van der Waals surface area contributed by atoms with Gasteiger partial charge in [-0.3, -0.25) is 4.79 Å². The normalized spacial score (nSPS) is 21.8. The van der Waals surface area contributed by atoms with E-state index in [1.165, 1.54) is 0 Å². The second-order valence-corrected chi connectivity index (χ2v) is 5.93. The summed E-state index contributed by atoms with van der Waals surface area (Å²) in [6.07, 6.45) is 5.77. The average Bonchev–Trinajstić information content (AvgIpc) is 2.53. The van der Waals surface area contributed by atoms with Crippen LogP contribution in [0.25, 0.3) is 0 Å². The molecule has 0 aliphatic heterocycles. The maximum Gasteiger partial charge on any atom is 0.220 e. The number of amides is 1. The Morgan fingerprint density at radius 1 is 1.24 bits per heavy atom. The van der Waals surface area contributed by atoms with Crippen LogP contribution in [0.1, 0.15) is 37.7 Å². The highest BCUT2D eigenvalue weighted by atomic mass is 16.5. The van der Waals surface area contributed by atoms with E-state index in [1.807, 2.05) is 24.3 Å². The molecular formula is C17H26N2O2. The van der Waals surface area contributed by atoms with E-state index in [0.29, 0.717) is 18.4 Å². The van der Waals surface area contributed by atoms with Gasteiger partial charge in [0, 0.05) is 19.0 Å². The minimum atomic E-state index is 0.140. The van der Waals surface area contributed by atoms with E-state index in [9.17, 15) is 4.79 Å². The molecule has 21 heavy (non-hydrogen) atoms. The molecule has 3 N–H and O–H groups in total. The van der Waals surface area contributed by atoms with Crippen molar-refractivity contribution in [2.45, 2.75) is 44.6 Å². The molecule has 1 aromatic carbocycles. The monoisotopic (exact) mass is 290 g/mol. The molecule has 1 fully saturated rings. The molecule has 0 saturated heterocycles. The number of nitrogens with one attached hydrogen (secondary N) is 1. The third-order valence-electron chi connectivity index (χ3n) is 4.28. The number of hydrogen-bond donors (Lipinski definition) is 2. The minimum absolute atomic E-state index is 0.140. The summed E-state index contributed by atoms with van der Waals surface area (Å²) in [6, 6.07) is 8.24. The van der Waals surface area contributed by atoms with Gasteiger partial charge in [0.05, 0.1) is 7.11 Å². The zero-order valence-corrected chi connectivity index (χ0v) is 12.8. The highest BCUT2D eigenvalue weighted by molar-refractivity contribution is 5.76. The van der Waals surface area contributed by atoms with Gasteiger partial charge in [0.1, 0.15) is 5.75 Å². The average molecular weight is 290 g/mol. The number of rotatable bonds is 6. The Bertz CT molecular complexity index is 437. The van der Waals surface area contributed by atoms with Crippen LogP contribution in [0.4, 0.5) is 0 Å². The molecule has 1 saturated carbocycles. The second kappa shape index (κ2) is 8.03. The summed E-state index contributed by atoms with van der Waals surface area (Å²) in [5.41, 5.74) is 7.05. The van der Waals surface area contributed by atoms with Crippen LogP contribution in [0.5, 0.6) is 5.75 Å². The number of nitrogens with two attached hydrogens (primary N) is 1. The van der Waals surface area contributed by atoms with Crippen molar-refractivity contribution < 1.29 is 9.53 Å².